The Balaban J connectivity index is 2.27. The fraction of sp³-hybridized carbons (Fsp3) is 0.118. The average molecular weight is 266 g/mol. The lowest BCUT2D eigenvalue weighted by atomic mass is 9.86. The molecule has 1 heterocycles. The second-order valence-corrected chi connectivity index (χ2v) is 4.75. The molecule has 1 atom stereocenters. The van der Waals surface area contributed by atoms with Gasteiger partial charge in [0.2, 0.25) is 0 Å². The van der Waals surface area contributed by atoms with Crippen molar-refractivity contribution in [2.45, 2.75) is 5.67 Å². The van der Waals surface area contributed by atoms with E-state index in [1.807, 2.05) is 42.5 Å². The molecule has 2 N–H and O–H groups in total. The first-order chi connectivity index (χ1) is 9.75. The molecule has 3 aromatic rings. The molecule has 0 amide bonds. The van der Waals surface area contributed by atoms with Gasteiger partial charge >= 0.3 is 0 Å². The summed E-state index contributed by atoms with van der Waals surface area (Å²) < 4.78 is 15.6. The molecule has 100 valence electrons. The molecule has 0 fully saturated rings. The Morgan fingerprint density at radius 1 is 0.950 bits per heavy atom. The number of para-hydroxylation sites is 1. The van der Waals surface area contributed by atoms with E-state index in [1.165, 1.54) is 0 Å². The van der Waals surface area contributed by atoms with E-state index in [2.05, 4.69) is 4.98 Å². The third-order valence-corrected chi connectivity index (χ3v) is 3.57. The number of benzene rings is 2. The van der Waals surface area contributed by atoms with Crippen molar-refractivity contribution in [1.82, 2.24) is 4.98 Å². The van der Waals surface area contributed by atoms with Crippen molar-refractivity contribution in [3.8, 4) is 0 Å². The molecule has 0 aliphatic rings. The summed E-state index contributed by atoms with van der Waals surface area (Å²) in [6.45, 7) is -0.118. The summed E-state index contributed by atoms with van der Waals surface area (Å²) in [5.41, 5.74) is 5.77. The molecule has 3 rings (SSSR count). The number of pyridine rings is 1. The molecule has 0 bridgehead atoms. The fourth-order valence-corrected chi connectivity index (χ4v) is 2.51. The lowest BCUT2D eigenvalue weighted by Gasteiger charge is -2.25. The maximum atomic E-state index is 15.6. The zero-order valence-corrected chi connectivity index (χ0v) is 11.0. The lowest BCUT2D eigenvalue weighted by Crippen LogP contribution is -2.32. The quantitative estimate of drug-likeness (QED) is 0.789. The van der Waals surface area contributed by atoms with E-state index in [0.717, 1.165) is 5.39 Å². The molecule has 0 aliphatic carbocycles. The summed E-state index contributed by atoms with van der Waals surface area (Å²) in [5.74, 6) is 0. The van der Waals surface area contributed by atoms with Crippen LogP contribution in [0.4, 0.5) is 4.39 Å². The molecule has 20 heavy (non-hydrogen) atoms. The van der Waals surface area contributed by atoms with E-state index < -0.39 is 5.67 Å². The Kier molecular flexibility index (Phi) is 3.20. The van der Waals surface area contributed by atoms with E-state index in [1.54, 1.807) is 24.4 Å². The SMILES string of the molecule is NCC(F)(c1ccccc1)c1cccc2cccnc12. The van der Waals surface area contributed by atoms with Gasteiger partial charge in [0.15, 0.2) is 5.67 Å². The summed E-state index contributed by atoms with van der Waals surface area (Å²) in [5, 5.41) is 0.913. The van der Waals surface area contributed by atoms with Crippen LogP contribution in [-0.4, -0.2) is 11.5 Å². The number of alkyl halides is 1. The summed E-state index contributed by atoms with van der Waals surface area (Å²) in [6, 6.07) is 18.3. The minimum absolute atomic E-state index is 0.118. The molecular weight excluding hydrogens is 251 g/mol. The number of hydrogen-bond acceptors (Lipinski definition) is 2. The third kappa shape index (κ3) is 1.96. The number of hydrogen-bond donors (Lipinski definition) is 1. The molecule has 3 heteroatoms. The molecule has 1 aromatic heterocycles. The standard InChI is InChI=1S/C17H15FN2/c18-17(12-19,14-8-2-1-3-9-14)15-10-4-6-13-7-5-11-20-16(13)15/h1-11H,12,19H2. The maximum absolute atomic E-state index is 15.6. The van der Waals surface area contributed by atoms with Crippen LogP contribution >= 0.6 is 0 Å². The van der Waals surface area contributed by atoms with Crippen LogP contribution in [0.15, 0.2) is 66.9 Å². The zero-order chi connectivity index (χ0) is 14.0. The molecule has 0 saturated carbocycles. The highest BCUT2D eigenvalue weighted by Gasteiger charge is 2.34. The van der Waals surface area contributed by atoms with Gasteiger partial charge in [0, 0.05) is 23.7 Å². The average Bonchev–Trinajstić information content (AvgIpc) is 2.54. The summed E-state index contributed by atoms with van der Waals surface area (Å²) in [4.78, 5) is 4.33. The third-order valence-electron chi connectivity index (χ3n) is 3.57. The van der Waals surface area contributed by atoms with Gasteiger partial charge in [-0.3, -0.25) is 4.98 Å². The Morgan fingerprint density at radius 3 is 2.45 bits per heavy atom. The van der Waals surface area contributed by atoms with Gasteiger partial charge < -0.3 is 5.73 Å². The van der Waals surface area contributed by atoms with Gasteiger partial charge in [-0.2, -0.15) is 0 Å². The van der Waals surface area contributed by atoms with Gasteiger partial charge in [-0.15, -0.1) is 0 Å². The normalized spacial score (nSPS) is 14.1. The summed E-state index contributed by atoms with van der Waals surface area (Å²) >= 11 is 0. The van der Waals surface area contributed by atoms with E-state index in [0.29, 0.717) is 16.6 Å². The van der Waals surface area contributed by atoms with Gasteiger partial charge in [-0.1, -0.05) is 54.6 Å². The predicted molar refractivity (Wildman–Crippen MR) is 79.1 cm³/mol. The molecule has 2 nitrogen and oxygen atoms in total. The first-order valence-electron chi connectivity index (χ1n) is 6.54. The van der Waals surface area contributed by atoms with Crippen LogP contribution in [0.3, 0.4) is 0 Å². The van der Waals surface area contributed by atoms with E-state index in [4.69, 9.17) is 5.73 Å². The Morgan fingerprint density at radius 2 is 1.70 bits per heavy atom. The minimum Gasteiger partial charge on any atom is -0.327 e. The van der Waals surface area contributed by atoms with Crippen molar-refractivity contribution in [1.29, 1.82) is 0 Å². The molecule has 2 aromatic carbocycles. The largest absolute Gasteiger partial charge is 0.327 e. The van der Waals surface area contributed by atoms with Crippen molar-refractivity contribution >= 4 is 10.9 Å². The second-order valence-electron chi connectivity index (χ2n) is 4.75. The second kappa shape index (κ2) is 5.02. The first kappa shape index (κ1) is 12.8. The minimum atomic E-state index is -1.73. The number of nitrogens with zero attached hydrogens (tertiary/aromatic N) is 1. The summed E-state index contributed by atoms with van der Waals surface area (Å²) in [6.07, 6.45) is 1.67. The fourth-order valence-electron chi connectivity index (χ4n) is 2.51. The number of halogens is 1. The van der Waals surface area contributed by atoms with Crippen LogP contribution in [-0.2, 0) is 5.67 Å². The van der Waals surface area contributed by atoms with Crippen LogP contribution in [0.25, 0.3) is 10.9 Å². The molecule has 0 saturated heterocycles. The number of aromatic nitrogens is 1. The number of rotatable bonds is 3. The molecule has 1 unspecified atom stereocenters. The number of nitrogens with two attached hydrogens (primary N) is 1. The Labute approximate surface area is 117 Å². The molecular formula is C17H15FN2. The maximum Gasteiger partial charge on any atom is 0.175 e. The predicted octanol–water partition coefficient (Wildman–Crippen LogP) is 3.41. The Hall–Kier alpha value is -2.26. The highest BCUT2D eigenvalue weighted by atomic mass is 19.1. The van der Waals surface area contributed by atoms with Gasteiger partial charge in [0.1, 0.15) is 0 Å². The smallest absolute Gasteiger partial charge is 0.175 e. The molecule has 0 aliphatic heterocycles. The first-order valence-corrected chi connectivity index (χ1v) is 6.54. The van der Waals surface area contributed by atoms with E-state index >= 15 is 4.39 Å². The summed E-state index contributed by atoms with van der Waals surface area (Å²) in [7, 11) is 0. The van der Waals surface area contributed by atoms with Crippen molar-refractivity contribution < 1.29 is 4.39 Å². The van der Waals surface area contributed by atoms with E-state index in [9.17, 15) is 0 Å². The van der Waals surface area contributed by atoms with Crippen LogP contribution in [0, 0.1) is 0 Å². The van der Waals surface area contributed by atoms with Crippen molar-refractivity contribution in [3.63, 3.8) is 0 Å². The van der Waals surface area contributed by atoms with Crippen molar-refractivity contribution in [2.75, 3.05) is 6.54 Å². The highest BCUT2D eigenvalue weighted by Crippen LogP contribution is 2.36. The van der Waals surface area contributed by atoms with Gasteiger partial charge in [0.25, 0.3) is 0 Å². The van der Waals surface area contributed by atoms with Crippen LogP contribution in [0.5, 0.6) is 0 Å². The zero-order valence-electron chi connectivity index (χ0n) is 11.0. The lowest BCUT2D eigenvalue weighted by molar-refractivity contribution is 0.234. The molecule has 0 spiro atoms. The van der Waals surface area contributed by atoms with Crippen LogP contribution in [0.2, 0.25) is 0 Å². The van der Waals surface area contributed by atoms with Crippen LogP contribution < -0.4 is 5.73 Å². The molecule has 0 radical (unpaired) electrons. The topological polar surface area (TPSA) is 38.9 Å². The van der Waals surface area contributed by atoms with Gasteiger partial charge in [0.05, 0.1) is 5.52 Å². The van der Waals surface area contributed by atoms with Gasteiger partial charge in [-0.05, 0) is 11.6 Å². The number of fused-ring (bicyclic) bond motifs is 1. The monoisotopic (exact) mass is 266 g/mol. The van der Waals surface area contributed by atoms with E-state index in [-0.39, 0.29) is 6.54 Å². The highest BCUT2D eigenvalue weighted by molar-refractivity contribution is 5.83. The Bertz CT molecular complexity index is 722. The van der Waals surface area contributed by atoms with Crippen LogP contribution in [0.1, 0.15) is 11.1 Å². The van der Waals surface area contributed by atoms with Crippen molar-refractivity contribution in [3.05, 3.63) is 78.0 Å². The van der Waals surface area contributed by atoms with Gasteiger partial charge in [-0.25, -0.2) is 4.39 Å². The van der Waals surface area contributed by atoms with Crippen molar-refractivity contribution in [2.24, 2.45) is 5.73 Å².